The molecule has 1 fully saturated rings. The lowest BCUT2D eigenvalue weighted by Crippen LogP contribution is -2.19. The largest absolute Gasteiger partial charge is 0.493 e. The summed E-state index contributed by atoms with van der Waals surface area (Å²) in [5.74, 6) is 1.22. The van der Waals surface area contributed by atoms with Crippen LogP contribution < -0.4 is 9.47 Å². The Hall–Kier alpha value is -3.06. The molecule has 1 saturated carbocycles. The number of ether oxygens (including phenoxy) is 2. The van der Waals surface area contributed by atoms with Gasteiger partial charge in [-0.15, -0.1) is 0 Å². The summed E-state index contributed by atoms with van der Waals surface area (Å²) in [5.41, 5.74) is 2.82. The molecule has 2 aromatic carbocycles. The van der Waals surface area contributed by atoms with Crippen LogP contribution in [0.3, 0.4) is 0 Å². The Morgan fingerprint density at radius 3 is 2.73 bits per heavy atom. The fourth-order valence-electron chi connectivity index (χ4n) is 3.33. The van der Waals surface area contributed by atoms with Crippen LogP contribution in [0, 0.1) is 11.3 Å². The van der Waals surface area contributed by atoms with Gasteiger partial charge in [-0.05, 0) is 54.2 Å². The van der Waals surface area contributed by atoms with Crippen LogP contribution in [0.5, 0.6) is 11.5 Å². The number of hydrogen-bond donors (Lipinski definition) is 0. The Bertz CT molecular complexity index is 849. The Balaban J connectivity index is 1.85. The number of benzene rings is 2. The zero-order valence-corrected chi connectivity index (χ0v) is 14.8. The molecule has 0 spiro atoms. The molecule has 0 unspecified atom stereocenters. The number of nitriles is 1. The summed E-state index contributed by atoms with van der Waals surface area (Å²) in [6.07, 6.45) is 4.62. The standard InChI is InChI=1S/C22H21NO3/c1-25-21-15-16(10-11-20(21)26-13-12-23)14-18-8-5-9-19(22(18)24)17-6-3-2-4-7-17/h2-4,6-7,10-11,14-15,19H,5,8-9,13H2,1H3/b18-14+/t19-/m1/s1. The molecule has 0 heterocycles. The second kappa shape index (κ2) is 8.35. The van der Waals surface area contributed by atoms with Crippen molar-refractivity contribution in [3.05, 3.63) is 65.2 Å². The third kappa shape index (κ3) is 3.94. The molecule has 1 atom stereocenters. The molecule has 2 aromatic rings. The third-order valence-electron chi connectivity index (χ3n) is 4.59. The number of carbonyl (C=O) groups excluding carboxylic acids is 1. The maximum Gasteiger partial charge on any atom is 0.174 e. The van der Waals surface area contributed by atoms with E-state index in [0.29, 0.717) is 11.5 Å². The lowest BCUT2D eigenvalue weighted by molar-refractivity contribution is -0.117. The predicted molar refractivity (Wildman–Crippen MR) is 100 cm³/mol. The highest BCUT2D eigenvalue weighted by Crippen LogP contribution is 2.35. The lowest BCUT2D eigenvalue weighted by Gasteiger charge is -2.23. The van der Waals surface area contributed by atoms with Gasteiger partial charge in [0.25, 0.3) is 0 Å². The Labute approximate surface area is 153 Å². The van der Waals surface area contributed by atoms with Gasteiger partial charge in [-0.1, -0.05) is 36.4 Å². The van der Waals surface area contributed by atoms with Crippen LogP contribution in [0.1, 0.15) is 36.3 Å². The first-order valence-corrected chi connectivity index (χ1v) is 8.70. The molecule has 0 aliphatic heterocycles. The number of Topliss-reactive ketones (excluding diaryl/α,β-unsaturated/α-hetero) is 1. The predicted octanol–water partition coefficient (Wildman–Crippen LogP) is 4.52. The van der Waals surface area contributed by atoms with Gasteiger partial charge in [-0.2, -0.15) is 5.26 Å². The highest BCUT2D eigenvalue weighted by molar-refractivity contribution is 6.04. The number of hydrogen-bond acceptors (Lipinski definition) is 4. The minimum Gasteiger partial charge on any atom is -0.493 e. The zero-order valence-electron chi connectivity index (χ0n) is 14.8. The smallest absolute Gasteiger partial charge is 0.174 e. The van der Waals surface area contributed by atoms with E-state index in [1.807, 2.05) is 54.6 Å². The van der Waals surface area contributed by atoms with Crippen LogP contribution in [0.4, 0.5) is 0 Å². The number of ketones is 1. The van der Waals surface area contributed by atoms with Crippen molar-refractivity contribution in [3.63, 3.8) is 0 Å². The maximum atomic E-state index is 12.9. The monoisotopic (exact) mass is 347 g/mol. The molecule has 0 bridgehead atoms. The summed E-state index contributed by atoms with van der Waals surface area (Å²) in [4.78, 5) is 12.9. The van der Waals surface area contributed by atoms with Crippen molar-refractivity contribution in [1.82, 2.24) is 0 Å². The van der Waals surface area contributed by atoms with Gasteiger partial charge in [-0.3, -0.25) is 4.79 Å². The van der Waals surface area contributed by atoms with Gasteiger partial charge in [0.05, 0.1) is 7.11 Å². The SMILES string of the molecule is COc1cc(/C=C2\CCC[C@H](c3ccccc3)C2=O)ccc1OCC#N. The number of carbonyl (C=O) groups is 1. The van der Waals surface area contributed by atoms with Crippen molar-refractivity contribution < 1.29 is 14.3 Å². The van der Waals surface area contributed by atoms with E-state index in [1.165, 1.54) is 0 Å². The molecule has 0 N–H and O–H groups in total. The first kappa shape index (κ1) is 17.8. The van der Waals surface area contributed by atoms with Crippen molar-refractivity contribution in [1.29, 1.82) is 5.26 Å². The van der Waals surface area contributed by atoms with E-state index in [9.17, 15) is 4.79 Å². The molecule has 26 heavy (non-hydrogen) atoms. The topological polar surface area (TPSA) is 59.3 Å². The van der Waals surface area contributed by atoms with Crippen LogP contribution >= 0.6 is 0 Å². The third-order valence-corrected chi connectivity index (χ3v) is 4.59. The lowest BCUT2D eigenvalue weighted by atomic mass is 9.79. The summed E-state index contributed by atoms with van der Waals surface area (Å²) < 4.78 is 10.7. The van der Waals surface area contributed by atoms with Crippen LogP contribution in [-0.4, -0.2) is 19.5 Å². The van der Waals surface area contributed by atoms with Gasteiger partial charge < -0.3 is 9.47 Å². The highest BCUT2D eigenvalue weighted by Gasteiger charge is 2.27. The van der Waals surface area contributed by atoms with Gasteiger partial charge in [0.1, 0.15) is 6.07 Å². The Morgan fingerprint density at radius 1 is 1.19 bits per heavy atom. The molecule has 4 heteroatoms. The Kier molecular flexibility index (Phi) is 5.70. The first-order chi connectivity index (χ1) is 12.7. The fraction of sp³-hybridized carbons (Fsp3) is 0.273. The minimum absolute atomic E-state index is 0.0337. The summed E-state index contributed by atoms with van der Waals surface area (Å²) in [6, 6.07) is 17.4. The molecule has 0 amide bonds. The van der Waals surface area contributed by atoms with Crippen molar-refractivity contribution in [2.24, 2.45) is 0 Å². The normalized spacial score (nSPS) is 18.4. The van der Waals surface area contributed by atoms with E-state index in [2.05, 4.69) is 0 Å². The van der Waals surface area contributed by atoms with Gasteiger partial charge in [0.2, 0.25) is 0 Å². The minimum atomic E-state index is -0.0590. The van der Waals surface area contributed by atoms with E-state index in [1.54, 1.807) is 13.2 Å². The van der Waals surface area contributed by atoms with E-state index in [4.69, 9.17) is 14.7 Å². The van der Waals surface area contributed by atoms with E-state index in [0.717, 1.165) is 36.0 Å². The molecular weight excluding hydrogens is 326 g/mol. The number of nitrogens with zero attached hydrogens (tertiary/aromatic N) is 1. The maximum absolute atomic E-state index is 12.9. The van der Waals surface area contributed by atoms with E-state index in [-0.39, 0.29) is 18.3 Å². The van der Waals surface area contributed by atoms with Crippen LogP contribution in [0.15, 0.2) is 54.1 Å². The van der Waals surface area contributed by atoms with Gasteiger partial charge >= 0.3 is 0 Å². The second-order valence-electron chi connectivity index (χ2n) is 6.25. The van der Waals surface area contributed by atoms with Gasteiger partial charge in [-0.25, -0.2) is 0 Å². The molecule has 1 aliphatic carbocycles. The molecule has 0 aromatic heterocycles. The highest BCUT2D eigenvalue weighted by atomic mass is 16.5. The van der Waals surface area contributed by atoms with Crippen molar-refractivity contribution >= 4 is 11.9 Å². The van der Waals surface area contributed by atoms with Gasteiger partial charge in [0, 0.05) is 5.92 Å². The van der Waals surface area contributed by atoms with Crippen LogP contribution in [0.2, 0.25) is 0 Å². The second-order valence-corrected chi connectivity index (χ2v) is 6.25. The number of rotatable bonds is 5. The number of methoxy groups -OCH3 is 1. The first-order valence-electron chi connectivity index (χ1n) is 8.70. The molecule has 0 radical (unpaired) electrons. The zero-order chi connectivity index (χ0) is 18.4. The quantitative estimate of drug-likeness (QED) is 0.746. The summed E-state index contributed by atoms with van der Waals surface area (Å²) in [7, 11) is 1.56. The van der Waals surface area contributed by atoms with Crippen molar-refractivity contribution in [2.45, 2.75) is 25.2 Å². The van der Waals surface area contributed by atoms with E-state index < -0.39 is 0 Å². The van der Waals surface area contributed by atoms with E-state index >= 15 is 0 Å². The van der Waals surface area contributed by atoms with Crippen molar-refractivity contribution in [3.8, 4) is 17.6 Å². The summed E-state index contributed by atoms with van der Waals surface area (Å²) >= 11 is 0. The molecular formula is C22H21NO3. The summed E-state index contributed by atoms with van der Waals surface area (Å²) in [5, 5.41) is 8.65. The molecule has 4 nitrogen and oxygen atoms in total. The summed E-state index contributed by atoms with van der Waals surface area (Å²) in [6.45, 7) is -0.0337. The van der Waals surface area contributed by atoms with Crippen LogP contribution in [0.25, 0.3) is 6.08 Å². The Morgan fingerprint density at radius 2 is 2.00 bits per heavy atom. The number of allylic oxidation sites excluding steroid dienone is 1. The average Bonchev–Trinajstić information content (AvgIpc) is 2.69. The van der Waals surface area contributed by atoms with Crippen molar-refractivity contribution in [2.75, 3.05) is 13.7 Å². The molecule has 3 rings (SSSR count). The molecule has 1 aliphatic rings. The van der Waals surface area contributed by atoms with Crippen LogP contribution in [-0.2, 0) is 4.79 Å². The average molecular weight is 347 g/mol. The van der Waals surface area contributed by atoms with Gasteiger partial charge in [0.15, 0.2) is 23.9 Å². The molecule has 0 saturated heterocycles. The fourth-order valence-corrected chi connectivity index (χ4v) is 3.33. The molecule has 132 valence electrons.